The summed E-state index contributed by atoms with van der Waals surface area (Å²) in [4.78, 5) is 7.58. The summed E-state index contributed by atoms with van der Waals surface area (Å²) in [5.74, 6) is 0. The van der Waals surface area contributed by atoms with Crippen LogP contribution in [0.2, 0.25) is 0 Å². The molecule has 0 saturated carbocycles. The van der Waals surface area contributed by atoms with Crippen molar-refractivity contribution >= 4 is 11.0 Å². The first kappa shape index (κ1) is 12.0. The molecule has 2 aromatic heterocycles. The average Bonchev–Trinajstić information content (AvgIpc) is 2.85. The Bertz CT molecular complexity index is 717. The third-order valence-electron chi connectivity index (χ3n) is 3.46. The third kappa shape index (κ3) is 2.26. The minimum absolute atomic E-state index is 0.168. The molecule has 0 radical (unpaired) electrons. The number of fused-ring (bicyclic) bond motifs is 1. The first-order valence-electron chi connectivity index (χ1n) is 6.58. The number of nitrogens with zero attached hydrogens (tertiary/aromatic N) is 1. The van der Waals surface area contributed by atoms with E-state index in [1.807, 2.05) is 12.4 Å². The fourth-order valence-electron chi connectivity index (χ4n) is 2.26. The van der Waals surface area contributed by atoms with Crippen LogP contribution in [0.3, 0.4) is 0 Å². The topological polar surface area (TPSA) is 28.7 Å². The number of benzene rings is 1. The third-order valence-corrected chi connectivity index (χ3v) is 3.46. The lowest BCUT2D eigenvalue weighted by Crippen LogP contribution is -2.10. The first-order chi connectivity index (χ1) is 9.04. The molecule has 0 atom stereocenters. The largest absolute Gasteiger partial charge is 0.346 e. The molecule has 3 aromatic rings. The van der Waals surface area contributed by atoms with Gasteiger partial charge in [0.2, 0.25) is 0 Å². The molecule has 1 aromatic carbocycles. The van der Waals surface area contributed by atoms with E-state index < -0.39 is 0 Å². The van der Waals surface area contributed by atoms with Crippen LogP contribution >= 0.6 is 0 Å². The van der Waals surface area contributed by atoms with Crippen LogP contribution in [0.25, 0.3) is 22.2 Å². The zero-order chi connectivity index (χ0) is 13.5. The molecular weight excluding hydrogens is 232 g/mol. The maximum atomic E-state index is 4.45. The fraction of sp³-hybridized carbons (Fsp3) is 0.235. The van der Waals surface area contributed by atoms with Gasteiger partial charge in [0.15, 0.2) is 0 Å². The van der Waals surface area contributed by atoms with E-state index in [-0.39, 0.29) is 5.41 Å². The summed E-state index contributed by atoms with van der Waals surface area (Å²) >= 11 is 0. The molecule has 19 heavy (non-hydrogen) atoms. The number of aromatic amines is 1. The minimum atomic E-state index is 0.168. The zero-order valence-corrected chi connectivity index (χ0v) is 11.6. The van der Waals surface area contributed by atoms with Crippen molar-refractivity contribution < 1.29 is 0 Å². The number of H-pyrrole nitrogens is 1. The summed E-state index contributed by atoms with van der Waals surface area (Å²) in [6, 6.07) is 12.9. The normalized spacial score (nSPS) is 11.9. The summed E-state index contributed by atoms with van der Waals surface area (Å²) in [5, 5.41) is 1.15. The molecule has 3 rings (SSSR count). The zero-order valence-electron chi connectivity index (χ0n) is 11.6. The Morgan fingerprint density at radius 1 is 1.00 bits per heavy atom. The highest BCUT2D eigenvalue weighted by molar-refractivity contribution is 5.81. The monoisotopic (exact) mass is 250 g/mol. The maximum Gasteiger partial charge on any atom is 0.137 e. The Hall–Kier alpha value is -2.09. The molecule has 0 aliphatic heterocycles. The van der Waals surface area contributed by atoms with Crippen LogP contribution in [0.1, 0.15) is 26.3 Å². The van der Waals surface area contributed by atoms with Crippen LogP contribution in [0, 0.1) is 0 Å². The highest BCUT2D eigenvalue weighted by atomic mass is 14.8. The number of rotatable bonds is 1. The summed E-state index contributed by atoms with van der Waals surface area (Å²) in [6.45, 7) is 6.71. The van der Waals surface area contributed by atoms with Gasteiger partial charge in [0.05, 0.1) is 0 Å². The molecule has 0 aliphatic rings. The molecule has 2 nitrogen and oxygen atoms in total. The number of aromatic nitrogens is 2. The van der Waals surface area contributed by atoms with E-state index in [0.717, 1.165) is 11.0 Å². The average molecular weight is 250 g/mol. The predicted molar refractivity (Wildman–Crippen MR) is 80.2 cm³/mol. The van der Waals surface area contributed by atoms with Gasteiger partial charge in [0.25, 0.3) is 0 Å². The second-order valence-corrected chi connectivity index (χ2v) is 5.97. The van der Waals surface area contributed by atoms with Crippen molar-refractivity contribution in [2.75, 3.05) is 0 Å². The molecule has 1 N–H and O–H groups in total. The Morgan fingerprint density at radius 2 is 1.84 bits per heavy atom. The van der Waals surface area contributed by atoms with E-state index in [2.05, 4.69) is 67.1 Å². The van der Waals surface area contributed by atoms with Crippen LogP contribution in [-0.4, -0.2) is 9.97 Å². The lowest BCUT2D eigenvalue weighted by molar-refractivity contribution is 0.590. The molecule has 2 heterocycles. The Balaban J connectivity index is 2.10. The van der Waals surface area contributed by atoms with Crippen LogP contribution in [0.15, 0.2) is 48.8 Å². The van der Waals surface area contributed by atoms with E-state index in [4.69, 9.17) is 0 Å². The lowest BCUT2D eigenvalue weighted by Gasteiger charge is -2.19. The van der Waals surface area contributed by atoms with E-state index in [1.165, 1.54) is 16.7 Å². The van der Waals surface area contributed by atoms with Crippen molar-refractivity contribution in [3.05, 3.63) is 54.4 Å². The molecule has 0 aliphatic carbocycles. The van der Waals surface area contributed by atoms with Crippen LogP contribution in [0.4, 0.5) is 0 Å². The van der Waals surface area contributed by atoms with Gasteiger partial charge < -0.3 is 4.98 Å². The van der Waals surface area contributed by atoms with Gasteiger partial charge in [-0.25, -0.2) is 4.98 Å². The van der Waals surface area contributed by atoms with Crippen molar-refractivity contribution in [3.63, 3.8) is 0 Å². The van der Waals surface area contributed by atoms with E-state index in [1.54, 1.807) is 0 Å². The quantitative estimate of drug-likeness (QED) is 0.675. The SMILES string of the molecule is CC(C)(C)c1cccc(-c2cnc3[nH]ccc3c2)c1. The Labute approximate surface area is 113 Å². The second kappa shape index (κ2) is 4.23. The van der Waals surface area contributed by atoms with E-state index >= 15 is 0 Å². The molecule has 0 bridgehead atoms. The molecule has 0 unspecified atom stereocenters. The number of hydrogen-bond donors (Lipinski definition) is 1. The first-order valence-corrected chi connectivity index (χ1v) is 6.58. The number of nitrogens with one attached hydrogen (secondary N) is 1. The van der Waals surface area contributed by atoms with Crippen molar-refractivity contribution in [2.45, 2.75) is 26.2 Å². The molecule has 0 saturated heterocycles. The highest BCUT2D eigenvalue weighted by Crippen LogP contribution is 2.28. The van der Waals surface area contributed by atoms with Gasteiger partial charge in [-0.3, -0.25) is 0 Å². The Kier molecular flexibility index (Phi) is 2.67. The van der Waals surface area contributed by atoms with Gasteiger partial charge in [-0.05, 0) is 28.7 Å². The summed E-state index contributed by atoms with van der Waals surface area (Å²) in [6.07, 6.45) is 3.85. The van der Waals surface area contributed by atoms with Crippen molar-refractivity contribution in [3.8, 4) is 11.1 Å². The van der Waals surface area contributed by atoms with Gasteiger partial charge in [0.1, 0.15) is 5.65 Å². The molecule has 0 spiro atoms. The van der Waals surface area contributed by atoms with Gasteiger partial charge in [-0.15, -0.1) is 0 Å². The lowest BCUT2D eigenvalue weighted by atomic mass is 9.85. The van der Waals surface area contributed by atoms with Crippen molar-refractivity contribution in [1.82, 2.24) is 9.97 Å². The second-order valence-electron chi connectivity index (χ2n) is 5.97. The summed E-state index contributed by atoms with van der Waals surface area (Å²) < 4.78 is 0. The van der Waals surface area contributed by atoms with E-state index in [0.29, 0.717) is 0 Å². The molecule has 0 amide bonds. The van der Waals surface area contributed by atoms with Crippen molar-refractivity contribution in [1.29, 1.82) is 0 Å². The van der Waals surface area contributed by atoms with Crippen LogP contribution < -0.4 is 0 Å². The summed E-state index contributed by atoms with van der Waals surface area (Å²) in [5.41, 5.74) is 4.85. The van der Waals surface area contributed by atoms with E-state index in [9.17, 15) is 0 Å². The predicted octanol–water partition coefficient (Wildman–Crippen LogP) is 4.53. The maximum absolute atomic E-state index is 4.45. The van der Waals surface area contributed by atoms with Gasteiger partial charge in [0, 0.05) is 23.3 Å². The highest BCUT2D eigenvalue weighted by Gasteiger charge is 2.14. The molecule has 2 heteroatoms. The Morgan fingerprint density at radius 3 is 2.63 bits per heavy atom. The standard InChI is InChI=1S/C17H18N2/c1-17(2,3)15-6-4-5-12(10-15)14-9-13-7-8-18-16(13)19-11-14/h4-11H,1-3H3,(H,18,19). The molecule has 0 fully saturated rings. The van der Waals surface area contributed by atoms with Crippen LogP contribution in [0.5, 0.6) is 0 Å². The number of pyridine rings is 1. The fourth-order valence-corrected chi connectivity index (χ4v) is 2.26. The van der Waals surface area contributed by atoms with Gasteiger partial charge in [-0.1, -0.05) is 45.0 Å². The summed E-state index contributed by atoms with van der Waals surface area (Å²) in [7, 11) is 0. The van der Waals surface area contributed by atoms with Crippen molar-refractivity contribution in [2.24, 2.45) is 0 Å². The van der Waals surface area contributed by atoms with Gasteiger partial charge >= 0.3 is 0 Å². The van der Waals surface area contributed by atoms with Gasteiger partial charge in [-0.2, -0.15) is 0 Å². The molecular formula is C17H18N2. The van der Waals surface area contributed by atoms with Crippen LogP contribution in [-0.2, 0) is 5.41 Å². The molecule has 96 valence electrons. The minimum Gasteiger partial charge on any atom is -0.346 e. The smallest absolute Gasteiger partial charge is 0.137 e. The number of hydrogen-bond acceptors (Lipinski definition) is 1.